The Balaban J connectivity index is 1.56. The number of benzene rings is 1. The highest BCUT2D eigenvalue weighted by molar-refractivity contribution is 8.00. The molecule has 2 saturated heterocycles. The van der Waals surface area contributed by atoms with Gasteiger partial charge in [0.15, 0.2) is 0 Å². The number of carbonyl (C=O) groups excluding carboxylic acids is 2. The zero-order chi connectivity index (χ0) is 21.0. The van der Waals surface area contributed by atoms with Crippen LogP contribution >= 0.6 is 11.8 Å². The van der Waals surface area contributed by atoms with Gasteiger partial charge in [0, 0.05) is 43.7 Å². The SMILES string of the molecule is CC1CCCCN1C(=O)CN1CCN(C(=O)c2ccccc2SC(F)(F)F)CC1. The molecule has 0 saturated carbocycles. The molecule has 9 heteroatoms. The molecule has 0 spiro atoms. The minimum absolute atomic E-state index is 0.0708. The molecule has 0 radical (unpaired) electrons. The number of likely N-dealkylation sites (tertiary alicyclic amines) is 1. The summed E-state index contributed by atoms with van der Waals surface area (Å²) in [4.78, 5) is 30.8. The van der Waals surface area contributed by atoms with Crippen molar-refractivity contribution >= 4 is 23.6 Å². The van der Waals surface area contributed by atoms with Gasteiger partial charge in [-0.25, -0.2) is 0 Å². The van der Waals surface area contributed by atoms with E-state index in [-0.39, 0.29) is 34.2 Å². The van der Waals surface area contributed by atoms with Crippen LogP contribution in [-0.2, 0) is 4.79 Å². The van der Waals surface area contributed by atoms with Crippen LogP contribution in [0.3, 0.4) is 0 Å². The average Bonchev–Trinajstić information content (AvgIpc) is 2.67. The van der Waals surface area contributed by atoms with Crippen LogP contribution in [0, 0.1) is 0 Å². The highest BCUT2D eigenvalue weighted by atomic mass is 32.2. The van der Waals surface area contributed by atoms with Gasteiger partial charge in [-0.05, 0) is 50.1 Å². The van der Waals surface area contributed by atoms with Crippen LogP contribution in [0.2, 0.25) is 0 Å². The molecular weight excluding hydrogens is 403 g/mol. The first kappa shape index (κ1) is 22.0. The van der Waals surface area contributed by atoms with Crippen LogP contribution in [0.25, 0.3) is 0 Å². The van der Waals surface area contributed by atoms with E-state index in [1.807, 2.05) is 9.80 Å². The quantitative estimate of drug-likeness (QED) is 0.688. The van der Waals surface area contributed by atoms with Gasteiger partial charge in [0.05, 0.1) is 12.1 Å². The molecule has 2 aliphatic heterocycles. The van der Waals surface area contributed by atoms with E-state index in [1.54, 1.807) is 11.0 Å². The van der Waals surface area contributed by atoms with Gasteiger partial charge in [-0.1, -0.05) is 12.1 Å². The van der Waals surface area contributed by atoms with Gasteiger partial charge in [-0.2, -0.15) is 13.2 Å². The fourth-order valence-corrected chi connectivity index (χ4v) is 4.55. The maximum Gasteiger partial charge on any atom is 0.446 e. The Labute approximate surface area is 173 Å². The lowest BCUT2D eigenvalue weighted by molar-refractivity contribution is -0.136. The standard InChI is InChI=1S/C20H26F3N3O2S/c1-15-6-4-5-9-26(15)18(27)14-24-10-12-25(13-11-24)19(28)16-7-2-3-8-17(16)29-20(21,22)23/h2-3,7-8,15H,4-6,9-14H2,1H3. The predicted octanol–water partition coefficient (Wildman–Crippen LogP) is 3.46. The van der Waals surface area contributed by atoms with E-state index in [4.69, 9.17) is 0 Å². The van der Waals surface area contributed by atoms with Crippen LogP contribution in [0.1, 0.15) is 36.5 Å². The molecule has 1 aromatic rings. The molecule has 0 bridgehead atoms. The molecule has 1 unspecified atom stereocenters. The van der Waals surface area contributed by atoms with Crippen molar-refractivity contribution in [3.05, 3.63) is 29.8 Å². The number of hydrogen-bond donors (Lipinski definition) is 0. The third-order valence-corrected chi connectivity index (χ3v) is 6.29. The van der Waals surface area contributed by atoms with Gasteiger partial charge in [-0.3, -0.25) is 14.5 Å². The van der Waals surface area contributed by atoms with Crippen molar-refractivity contribution in [1.29, 1.82) is 0 Å². The Morgan fingerprint density at radius 3 is 2.41 bits per heavy atom. The van der Waals surface area contributed by atoms with Crippen molar-refractivity contribution in [3.8, 4) is 0 Å². The van der Waals surface area contributed by atoms with Crippen LogP contribution < -0.4 is 0 Å². The van der Waals surface area contributed by atoms with Gasteiger partial charge in [0.1, 0.15) is 0 Å². The summed E-state index contributed by atoms with van der Waals surface area (Å²) in [6.45, 7) is 5.06. The molecule has 2 aliphatic rings. The van der Waals surface area contributed by atoms with Crippen molar-refractivity contribution in [3.63, 3.8) is 0 Å². The van der Waals surface area contributed by atoms with Gasteiger partial charge in [0.25, 0.3) is 5.91 Å². The maximum absolute atomic E-state index is 12.8. The molecule has 3 rings (SSSR count). The topological polar surface area (TPSA) is 43.9 Å². The Morgan fingerprint density at radius 2 is 1.76 bits per heavy atom. The summed E-state index contributed by atoms with van der Waals surface area (Å²) < 4.78 is 38.3. The second kappa shape index (κ2) is 9.38. The van der Waals surface area contributed by atoms with Crippen molar-refractivity contribution in [1.82, 2.24) is 14.7 Å². The zero-order valence-electron chi connectivity index (χ0n) is 16.5. The summed E-state index contributed by atoms with van der Waals surface area (Å²) in [5.74, 6) is -0.281. The largest absolute Gasteiger partial charge is 0.446 e. The molecule has 5 nitrogen and oxygen atoms in total. The molecule has 2 heterocycles. The number of carbonyl (C=O) groups is 2. The highest BCUT2D eigenvalue weighted by Gasteiger charge is 2.33. The number of rotatable bonds is 4. The van der Waals surface area contributed by atoms with Crippen LogP contribution in [0.15, 0.2) is 29.2 Å². The molecule has 0 aliphatic carbocycles. The summed E-state index contributed by atoms with van der Waals surface area (Å²) in [5, 5.41) is 0. The molecule has 160 valence electrons. The molecule has 2 fully saturated rings. The number of halogens is 3. The Kier molecular flexibility index (Phi) is 7.10. The summed E-state index contributed by atoms with van der Waals surface area (Å²) in [5.41, 5.74) is -4.37. The zero-order valence-corrected chi connectivity index (χ0v) is 17.3. The molecule has 2 amide bonds. The summed E-state index contributed by atoms with van der Waals surface area (Å²) in [6, 6.07) is 6.09. The molecule has 0 aromatic heterocycles. The van der Waals surface area contributed by atoms with E-state index in [9.17, 15) is 22.8 Å². The van der Waals surface area contributed by atoms with Gasteiger partial charge in [-0.15, -0.1) is 0 Å². The number of nitrogens with zero attached hydrogens (tertiary/aromatic N) is 3. The molecule has 29 heavy (non-hydrogen) atoms. The highest BCUT2D eigenvalue weighted by Crippen LogP contribution is 2.38. The fraction of sp³-hybridized carbons (Fsp3) is 0.600. The number of piperidine rings is 1. The van der Waals surface area contributed by atoms with Crippen LogP contribution in [-0.4, -0.2) is 77.3 Å². The van der Waals surface area contributed by atoms with Crippen molar-refractivity contribution in [2.24, 2.45) is 0 Å². The first-order valence-corrected chi connectivity index (χ1v) is 10.7. The summed E-state index contributed by atoms with van der Waals surface area (Å²) >= 11 is -0.263. The number of alkyl halides is 3. The summed E-state index contributed by atoms with van der Waals surface area (Å²) in [7, 11) is 0. The molecule has 0 N–H and O–H groups in total. The van der Waals surface area contributed by atoms with Crippen LogP contribution in [0.4, 0.5) is 13.2 Å². The minimum atomic E-state index is -4.44. The Bertz CT molecular complexity index is 736. The second-order valence-electron chi connectivity index (χ2n) is 7.54. The van der Waals surface area contributed by atoms with Crippen molar-refractivity contribution < 1.29 is 22.8 Å². The van der Waals surface area contributed by atoms with Gasteiger partial charge >= 0.3 is 5.51 Å². The third-order valence-electron chi connectivity index (χ3n) is 5.48. The Hall–Kier alpha value is -1.74. The van der Waals surface area contributed by atoms with Crippen LogP contribution in [0.5, 0.6) is 0 Å². The molecule has 1 aromatic carbocycles. The monoisotopic (exact) mass is 429 g/mol. The van der Waals surface area contributed by atoms with E-state index in [2.05, 4.69) is 6.92 Å². The van der Waals surface area contributed by atoms with E-state index >= 15 is 0 Å². The fourth-order valence-electron chi connectivity index (χ4n) is 3.89. The van der Waals surface area contributed by atoms with E-state index in [0.29, 0.717) is 32.7 Å². The normalized spacial score (nSPS) is 21.3. The van der Waals surface area contributed by atoms with E-state index in [1.165, 1.54) is 18.2 Å². The minimum Gasteiger partial charge on any atom is -0.339 e. The number of piperazine rings is 1. The third kappa shape index (κ3) is 5.88. The average molecular weight is 430 g/mol. The van der Waals surface area contributed by atoms with Crippen molar-refractivity contribution in [2.75, 3.05) is 39.3 Å². The molecule has 1 atom stereocenters. The van der Waals surface area contributed by atoms with E-state index < -0.39 is 11.4 Å². The Morgan fingerprint density at radius 1 is 1.07 bits per heavy atom. The smallest absolute Gasteiger partial charge is 0.339 e. The van der Waals surface area contributed by atoms with Gasteiger partial charge in [0.2, 0.25) is 5.91 Å². The lowest BCUT2D eigenvalue weighted by Gasteiger charge is -2.38. The lowest BCUT2D eigenvalue weighted by Crippen LogP contribution is -2.53. The maximum atomic E-state index is 12.8. The summed E-state index contributed by atoms with van der Waals surface area (Å²) in [6.07, 6.45) is 3.22. The predicted molar refractivity (Wildman–Crippen MR) is 106 cm³/mol. The number of thioether (sulfide) groups is 1. The second-order valence-corrected chi connectivity index (χ2v) is 8.65. The first-order valence-electron chi connectivity index (χ1n) is 9.90. The number of amides is 2. The van der Waals surface area contributed by atoms with Crippen molar-refractivity contribution in [2.45, 2.75) is 42.6 Å². The van der Waals surface area contributed by atoms with Gasteiger partial charge < -0.3 is 9.80 Å². The molecular formula is C20H26F3N3O2S. The first-order chi connectivity index (χ1) is 13.7. The number of hydrogen-bond acceptors (Lipinski definition) is 4. The lowest BCUT2D eigenvalue weighted by atomic mass is 10.0. The van der Waals surface area contributed by atoms with E-state index in [0.717, 1.165) is 25.8 Å².